The average molecular weight is 487 g/mol. The molecule has 0 aliphatic carbocycles. The smallest absolute Gasteiger partial charge is 0.295 e. The standard InChI is InChI=1S/C24H17Cl2FN2O4/c1-33-19-5-3-15(11-18(19)27)22(30)20-21(14-2-4-16(25)17(26)10-14)29(24(32)23(20)31)12-13-6-8-28-9-7-13/h2-11,21,30H,12H2,1H3/b22-20-. The predicted octanol–water partition coefficient (Wildman–Crippen LogP) is 5.16. The van der Waals surface area contributed by atoms with Crippen molar-refractivity contribution in [3.8, 4) is 5.75 Å². The van der Waals surface area contributed by atoms with E-state index in [2.05, 4.69) is 4.98 Å². The van der Waals surface area contributed by atoms with E-state index >= 15 is 0 Å². The fourth-order valence-electron chi connectivity index (χ4n) is 3.73. The number of hydrogen-bond donors (Lipinski definition) is 1. The first-order chi connectivity index (χ1) is 15.8. The van der Waals surface area contributed by atoms with Crippen molar-refractivity contribution in [2.75, 3.05) is 7.11 Å². The molecule has 0 radical (unpaired) electrons. The summed E-state index contributed by atoms with van der Waals surface area (Å²) in [6.07, 6.45) is 3.14. The minimum Gasteiger partial charge on any atom is -0.507 e. The molecule has 33 heavy (non-hydrogen) atoms. The number of carbonyl (C=O) groups excluding carboxylic acids is 2. The monoisotopic (exact) mass is 486 g/mol. The summed E-state index contributed by atoms with van der Waals surface area (Å²) in [5.41, 5.74) is 1.04. The fourth-order valence-corrected chi connectivity index (χ4v) is 4.03. The van der Waals surface area contributed by atoms with Gasteiger partial charge in [-0.3, -0.25) is 14.6 Å². The van der Waals surface area contributed by atoms with E-state index in [-0.39, 0.29) is 28.5 Å². The molecular formula is C24H17Cl2FN2O4. The third-order valence-corrected chi connectivity index (χ3v) is 6.07. The van der Waals surface area contributed by atoms with Crippen molar-refractivity contribution in [2.24, 2.45) is 0 Å². The van der Waals surface area contributed by atoms with E-state index < -0.39 is 29.3 Å². The van der Waals surface area contributed by atoms with Gasteiger partial charge in [0.2, 0.25) is 0 Å². The molecule has 1 amide bonds. The van der Waals surface area contributed by atoms with Crippen molar-refractivity contribution in [1.82, 2.24) is 9.88 Å². The van der Waals surface area contributed by atoms with Crippen LogP contribution in [0.4, 0.5) is 4.39 Å². The third-order valence-electron chi connectivity index (χ3n) is 5.33. The molecule has 1 atom stereocenters. The topological polar surface area (TPSA) is 79.7 Å². The summed E-state index contributed by atoms with van der Waals surface area (Å²) in [5, 5.41) is 11.6. The Hall–Kier alpha value is -3.42. The van der Waals surface area contributed by atoms with Gasteiger partial charge in [-0.25, -0.2) is 4.39 Å². The van der Waals surface area contributed by atoms with Crippen LogP contribution >= 0.6 is 23.2 Å². The SMILES string of the molecule is COc1ccc(/C(O)=C2/C(=O)C(=O)N(Cc3ccncc3)C2c2ccc(Cl)c(Cl)c2)cc1F. The Morgan fingerprint density at radius 3 is 2.45 bits per heavy atom. The lowest BCUT2D eigenvalue weighted by Gasteiger charge is -2.25. The molecule has 9 heteroatoms. The molecule has 2 aromatic carbocycles. The number of aliphatic hydroxyl groups excluding tert-OH is 1. The minimum atomic E-state index is -0.974. The molecule has 1 fully saturated rings. The number of pyridine rings is 1. The highest BCUT2D eigenvalue weighted by Gasteiger charge is 2.46. The van der Waals surface area contributed by atoms with Gasteiger partial charge in [0.1, 0.15) is 5.76 Å². The summed E-state index contributed by atoms with van der Waals surface area (Å²) < 4.78 is 19.2. The summed E-state index contributed by atoms with van der Waals surface area (Å²) >= 11 is 12.3. The van der Waals surface area contributed by atoms with E-state index in [1.54, 1.807) is 36.7 Å². The molecule has 1 aromatic heterocycles. The Morgan fingerprint density at radius 1 is 1.09 bits per heavy atom. The molecule has 4 rings (SSSR count). The molecule has 1 N–H and O–H groups in total. The van der Waals surface area contributed by atoms with Crippen LogP contribution in [0.15, 0.2) is 66.5 Å². The third kappa shape index (κ3) is 4.29. The minimum absolute atomic E-state index is 0.0225. The summed E-state index contributed by atoms with van der Waals surface area (Å²) in [5.74, 6) is -2.96. The van der Waals surface area contributed by atoms with Gasteiger partial charge in [-0.15, -0.1) is 0 Å². The van der Waals surface area contributed by atoms with Crippen LogP contribution in [0.2, 0.25) is 10.0 Å². The zero-order chi connectivity index (χ0) is 23.7. The second kappa shape index (κ2) is 9.21. The number of nitrogens with zero attached hydrogens (tertiary/aromatic N) is 2. The largest absolute Gasteiger partial charge is 0.507 e. The molecule has 1 saturated heterocycles. The van der Waals surface area contributed by atoms with Crippen molar-refractivity contribution in [3.63, 3.8) is 0 Å². The Balaban J connectivity index is 1.88. The maximum atomic E-state index is 14.3. The first kappa shape index (κ1) is 22.8. The molecule has 0 saturated carbocycles. The van der Waals surface area contributed by atoms with Gasteiger partial charge >= 0.3 is 0 Å². The predicted molar refractivity (Wildman–Crippen MR) is 121 cm³/mol. The second-order valence-electron chi connectivity index (χ2n) is 7.31. The zero-order valence-corrected chi connectivity index (χ0v) is 18.8. The molecule has 0 bridgehead atoms. The number of benzene rings is 2. The summed E-state index contributed by atoms with van der Waals surface area (Å²) in [7, 11) is 1.31. The van der Waals surface area contributed by atoms with Crippen molar-refractivity contribution < 1.29 is 23.8 Å². The van der Waals surface area contributed by atoms with Crippen LogP contribution in [-0.2, 0) is 16.1 Å². The Morgan fingerprint density at radius 2 is 1.82 bits per heavy atom. The van der Waals surface area contributed by atoms with Crippen LogP contribution in [0.1, 0.15) is 22.7 Å². The molecule has 168 valence electrons. The van der Waals surface area contributed by atoms with E-state index in [1.165, 1.54) is 30.2 Å². The number of amides is 1. The van der Waals surface area contributed by atoms with Gasteiger partial charge in [0.25, 0.3) is 11.7 Å². The number of ether oxygens (including phenoxy) is 1. The average Bonchev–Trinajstić information content (AvgIpc) is 3.06. The number of hydrogen-bond acceptors (Lipinski definition) is 5. The Bertz CT molecular complexity index is 1280. The maximum absolute atomic E-state index is 14.3. The highest BCUT2D eigenvalue weighted by molar-refractivity contribution is 6.46. The lowest BCUT2D eigenvalue weighted by molar-refractivity contribution is -0.140. The number of aromatic nitrogens is 1. The molecule has 1 unspecified atom stereocenters. The summed E-state index contributed by atoms with van der Waals surface area (Å²) in [6.45, 7) is 0.0752. The lowest BCUT2D eigenvalue weighted by Crippen LogP contribution is -2.29. The summed E-state index contributed by atoms with van der Waals surface area (Å²) in [6, 6.07) is 10.9. The van der Waals surface area contributed by atoms with Gasteiger partial charge in [-0.05, 0) is 53.6 Å². The van der Waals surface area contributed by atoms with Gasteiger partial charge in [0, 0.05) is 24.5 Å². The number of halogens is 3. The van der Waals surface area contributed by atoms with Crippen LogP contribution in [0.5, 0.6) is 5.75 Å². The number of aliphatic hydroxyl groups is 1. The van der Waals surface area contributed by atoms with Crippen molar-refractivity contribution >= 4 is 40.7 Å². The molecule has 3 aromatic rings. The van der Waals surface area contributed by atoms with Crippen LogP contribution in [0.25, 0.3) is 5.76 Å². The molecule has 1 aliphatic rings. The fraction of sp³-hybridized carbons (Fsp3) is 0.125. The number of ketones is 1. The highest BCUT2D eigenvalue weighted by Crippen LogP contribution is 2.42. The number of likely N-dealkylation sites (tertiary alicyclic amines) is 1. The Labute approximate surface area is 198 Å². The lowest BCUT2D eigenvalue weighted by atomic mass is 9.95. The van der Waals surface area contributed by atoms with Crippen LogP contribution in [0, 0.1) is 5.82 Å². The highest BCUT2D eigenvalue weighted by atomic mass is 35.5. The van der Waals surface area contributed by atoms with E-state index in [9.17, 15) is 19.1 Å². The van der Waals surface area contributed by atoms with Crippen molar-refractivity contribution in [1.29, 1.82) is 0 Å². The number of Topliss-reactive ketones (excluding diaryl/α,β-unsaturated/α-hetero) is 1. The van der Waals surface area contributed by atoms with Gasteiger partial charge < -0.3 is 14.7 Å². The number of rotatable bonds is 5. The zero-order valence-electron chi connectivity index (χ0n) is 17.3. The van der Waals surface area contributed by atoms with Crippen molar-refractivity contribution in [2.45, 2.75) is 12.6 Å². The van der Waals surface area contributed by atoms with E-state index in [4.69, 9.17) is 27.9 Å². The first-order valence-electron chi connectivity index (χ1n) is 9.78. The summed E-state index contributed by atoms with van der Waals surface area (Å²) in [4.78, 5) is 31.4. The molecule has 1 aliphatic heterocycles. The first-order valence-corrected chi connectivity index (χ1v) is 10.5. The molecule has 0 spiro atoms. The van der Waals surface area contributed by atoms with Crippen molar-refractivity contribution in [3.05, 3.63) is 99.1 Å². The molecule has 6 nitrogen and oxygen atoms in total. The Kier molecular flexibility index (Phi) is 6.35. The quantitative estimate of drug-likeness (QED) is 0.306. The second-order valence-corrected chi connectivity index (χ2v) is 8.12. The van der Waals surface area contributed by atoms with Gasteiger partial charge in [0.05, 0.1) is 28.8 Å². The number of carbonyl (C=O) groups is 2. The van der Waals surface area contributed by atoms with Crippen LogP contribution in [-0.4, -0.2) is 33.8 Å². The van der Waals surface area contributed by atoms with Gasteiger partial charge in [-0.2, -0.15) is 0 Å². The van der Waals surface area contributed by atoms with Crippen LogP contribution in [0.3, 0.4) is 0 Å². The normalized spacial score (nSPS) is 17.5. The van der Waals surface area contributed by atoms with Gasteiger partial charge in [0.15, 0.2) is 11.6 Å². The van der Waals surface area contributed by atoms with E-state index in [0.717, 1.165) is 11.6 Å². The van der Waals surface area contributed by atoms with Gasteiger partial charge in [-0.1, -0.05) is 29.3 Å². The van der Waals surface area contributed by atoms with E-state index in [1.807, 2.05) is 0 Å². The van der Waals surface area contributed by atoms with Crippen LogP contribution < -0.4 is 4.74 Å². The maximum Gasteiger partial charge on any atom is 0.295 e. The molecule has 2 heterocycles. The van der Waals surface area contributed by atoms with E-state index in [0.29, 0.717) is 10.6 Å². The molecular weight excluding hydrogens is 470 g/mol. The number of methoxy groups -OCH3 is 1.